The van der Waals surface area contributed by atoms with Gasteiger partial charge in [0.1, 0.15) is 5.82 Å². The Morgan fingerprint density at radius 1 is 1.26 bits per heavy atom. The van der Waals surface area contributed by atoms with Crippen LogP contribution in [0.3, 0.4) is 0 Å². The summed E-state index contributed by atoms with van der Waals surface area (Å²) in [4.78, 5) is 9.79. The molecule has 0 saturated carbocycles. The van der Waals surface area contributed by atoms with Crippen LogP contribution in [0.5, 0.6) is 0 Å². The first-order valence-corrected chi connectivity index (χ1v) is 7.72. The number of hydrogen-bond acceptors (Lipinski definition) is 3. The van der Waals surface area contributed by atoms with E-state index < -0.39 is 0 Å². The molecule has 4 nitrogen and oxygen atoms in total. The van der Waals surface area contributed by atoms with E-state index in [2.05, 4.69) is 39.4 Å². The molecule has 1 aromatic rings. The number of aromatic nitrogens is 2. The van der Waals surface area contributed by atoms with Crippen molar-refractivity contribution in [2.24, 2.45) is 0 Å². The Hall–Kier alpha value is -0.870. The van der Waals surface area contributed by atoms with Crippen molar-refractivity contribution < 1.29 is 0 Å². The maximum absolute atomic E-state index is 4.53. The highest BCUT2D eigenvalue weighted by Crippen LogP contribution is 2.22. The predicted molar refractivity (Wildman–Crippen MR) is 77.1 cm³/mol. The van der Waals surface area contributed by atoms with E-state index in [0.29, 0.717) is 6.04 Å². The largest absolute Gasteiger partial charge is 0.331 e. The van der Waals surface area contributed by atoms with Crippen LogP contribution in [0, 0.1) is 0 Å². The van der Waals surface area contributed by atoms with Gasteiger partial charge in [-0.25, -0.2) is 4.98 Å². The summed E-state index contributed by atoms with van der Waals surface area (Å²) in [5.41, 5.74) is 0. The third kappa shape index (κ3) is 2.84. The average Bonchev–Trinajstić information content (AvgIpc) is 3.09. The minimum Gasteiger partial charge on any atom is -0.331 e. The number of imidazole rings is 1. The average molecular weight is 262 g/mol. The van der Waals surface area contributed by atoms with E-state index in [0.717, 1.165) is 12.6 Å². The molecule has 3 rings (SSSR count). The lowest BCUT2D eigenvalue weighted by atomic mass is 10.2. The smallest absolute Gasteiger partial charge is 0.123 e. The molecule has 0 unspecified atom stereocenters. The summed E-state index contributed by atoms with van der Waals surface area (Å²) >= 11 is 0. The molecule has 2 fully saturated rings. The Morgan fingerprint density at radius 2 is 2.05 bits per heavy atom. The summed E-state index contributed by atoms with van der Waals surface area (Å²) < 4.78 is 2.29. The van der Waals surface area contributed by atoms with Gasteiger partial charge < -0.3 is 4.57 Å². The molecule has 0 aliphatic carbocycles. The van der Waals surface area contributed by atoms with E-state index in [1.54, 1.807) is 0 Å². The lowest BCUT2D eigenvalue weighted by Gasteiger charge is -2.24. The quantitative estimate of drug-likeness (QED) is 0.831. The second kappa shape index (κ2) is 5.63. The standard InChI is InChI=1S/C15H26N4/c1-13(2)19-10-6-16-15(19)12-17-9-5-14(11-17)18-7-3-4-8-18/h6,10,13-14H,3-5,7-9,11-12H2,1-2H3/t14-/m0/s1. The molecule has 2 saturated heterocycles. The van der Waals surface area contributed by atoms with Gasteiger partial charge in [-0.3, -0.25) is 9.80 Å². The molecule has 0 aromatic carbocycles. The van der Waals surface area contributed by atoms with Gasteiger partial charge in [-0.2, -0.15) is 0 Å². The highest BCUT2D eigenvalue weighted by atomic mass is 15.3. The molecule has 3 heterocycles. The van der Waals surface area contributed by atoms with Crippen LogP contribution >= 0.6 is 0 Å². The van der Waals surface area contributed by atoms with Crippen molar-refractivity contribution >= 4 is 0 Å². The number of nitrogens with zero attached hydrogens (tertiary/aromatic N) is 4. The predicted octanol–water partition coefficient (Wildman–Crippen LogP) is 2.13. The van der Waals surface area contributed by atoms with E-state index >= 15 is 0 Å². The summed E-state index contributed by atoms with van der Waals surface area (Å²) in [5.74, 6) is 1.22. The van der Waals surface area contributed by atoms with Gasteiger partial charge in [-0.1, -0.05) is 0 Å². The monoisotopic (exact) mass is 262 g/mol. The van der Waals surface area contributed by atoms with Crippen LogP contribution in [-0.4, -0.2) is 51.6 Å². The highest BCUT2D eigenvalue weighted by molar-refractivity contribution is 4.96. The van der Waals surface area contributed by atoms with Gasteiger partial charge in [-0.05, 0) is 46.2 Å². The first kappa shape index (κ1) is 13.1. The van der Waals surface area contributed by atoms with Gasteiger partial charge in [0, 0.05) is 37.6 Å². The van der Waals surface area contributed by atoms with E-state index in [1.807, 2.05) is 6.20 Å². The lowest BCUT2D eigenvalue weighted by molar-refractivity contribution is 0.226. The fourth-order valence-electron chi connectivity index (χ4n) is 3.50. The van der Waals surface area contributed by atoms with Gasteiger partial charge in [0.2, 0.25) is 0 Å². The summed E-state index contributed by atoms with van der Waals surface area (Å²) in [5, 5.41) is 0. The van der Waals surface area contributed by atoms with Gasteiger partial charge in [0.15, 0.2) is 0 Å². The maximum Gasteiger partial charge on any atom is 0.123 e. The van der Waals surface area contributed by atoms with Gasteiger partial charge >= 0.3 is 0 Å². The molecule has 1 atom stereocenters. The first-order valence-electron chi connectivity index (χ1n) is 7.72. The molecule has 0 bridgehead atoms. The van der Waals surface area contributed by atoms with Crippen molar-refractivity contribution in [1.82, 2.24) is 19.4 Å². The van der Waals surface area contributed by atoms with Gasteiger partial charge in [0.25, 0.3) is 0 Å². The number of hydrogen-bond donors (Lipinski definition) is 0. The molecule has 2 aliphatic rings. The van der Waals surface area contributed by atoms with Crippen molar-refractivity contribution in [3.63, 3.8) is 0 Å². The van der Waals surface area contributed by atoms with Gasteiger partial charge in [0.05, 0.1) is 6.54 Å². The zero-order valence-electron chi connectivity index (χ0n) is 12.3. The van der Waals surface area contributed by atoms with E-state index in [4.69, 9.17) is 0 Å². The van der Waals surface area contributed by atoms with Crippen LogP contribution in [0.1, 0.15) is 45.0 Å². The fraction of sp³-hybridized carbons (Fsp3) is 0.800. The van der Waals surface area contributed by atoms with Crippen LogP contribution < -0.4 is 0 Å². The molecular weight excluding hydrogens is 236 g/mol. The SMILES string of the molecule is CC(C)n1ccnc1CN1CC[C@H](N2CCCC2)C1. The second-order valence-corrected chi connectivity index (χ2v) is 6.27. The highest BCUT2D eigenvalue weighted by Gasteiger charge is 2.29. The summed E-state index contributed by atoms with van der Waals surface area (Å²) in [6, 6.07) is 1.31. The third-order valence-corrected chi connectivity index (χ3v) is 4.57. The minimum absolute atomic E-state index is 0.509. The van der Waals surface area contributed by atoms with E-state index in [1.165, 1.54) is 51.3 Å². The molecule has 0 N–H and O–H groups in total. The van der Waals surface area contributed by atoms with Crippen molar-refractivity contribution in [2.45, 2.75) is 51.7 Å². The van der Waals surface area contributed by atoms with Crippen LogP contribution in [0.4, 0.5) is 0 Å². The molecule has 4 heteroatoms. The first-order chi connectivity index (χ1) is 9.24. The van der Waals surface area contributed by atoms with Crippen molar-refractivity contribution in [1.29, 1.82) is 0 Å². The summed E-state index contributed by atoms with van der Waals surface area (Å²) in [7, 11) is 0. The molecule has 106 valence electrons. The zero-order valence-corrected chi connectivity index (χ0v) is 12.3. The third-order valence-electron chi connectivity index (χ3n) is 4.57. The topological polar surface area (TPSA) is 24.3 Å². The maximum atomic E-state index is 4.53. The van der Waals surface area contributed by atoms with E-state index in [-0.39, 0.29) is 0 Å². The summed E-state index contributed by atoms with van der Waals surface area (Å²) in [6.07, 6.45) is 8.17. The zero-order chi connectivity index (χ0) is 13.2. The van der Waals surface area contributed by atoms with Gasteiger partial charge in [-0.15, -0.1) is 0 Å². The normalized spacial score (nSPS) is 25.7. The fourth-order valence-corrected chi connectivity index (χ4v) is 3.50. The minimum atomic E-state index is 0.509. The van der Waals surface area contributed by atoms with Crippen molar-refractivity contribution in [2.75, 3.05) is 26.2 Å². The van der Waals surface area contributed by atoms with E-state index in [9.17, 15) is 0 Å². The van der Waals surface area contributed by atoms with Crippen LogP contribution in [0.2, 0.25) is 0 Å². The molecule has 19 heavy (non-hydrogen) atoms. The van der Waals surface area contributed by atoms with Crippen LogP contribution in [-0.2, 0) is 6.54 Å². The van der Waals surface area contributed by atoms with Crippen LogP contribution in [0.25, 0.3) is 0 Å². The Kier molecular flexibility index (Phi) is 3.89. The molecule has 0 spiro atoms. The Labute approximate surface area is 116 Å². The summed E-state index contributed by atoms with van der Waals surface area (Å²) in [6.45, 7) is 10.6. The van der Waals surface area contributed by atoms with Crippen molar-refractivity contribution in [3.05, 3.63) is 18.2 Å². The second-order valence-electron chi connectivity index (χ2n) is 6.27. The van der Waals surface area contributed by atoms with Crippen LogP contribution in [0.15, 0.2) is 12.4 Å². The lowest BCUT2D eigenvalue weighted by Crippen LogP contribution is -2.35. The molecule has 0 amide bonds. The number of likely N-dealkylation sites (tertiary alicyclic amines) is 2. The molecule has 1 aromatic heterocycles. The Balaban J connectivity index is 1.57. The number of rotatable bonds is 4. The Morgan fingerprint density at radius 3 is 2.79 bits per heavy atom. The molecule has 2 aliphatic heterocycles. The molecule has 0 radical (unpaired) electrons. The Bertz CT molecular complexity index is 406. The van der Waals surface area contributed by atoms with Crippen molar-refractivity contribution in [3.8, 4) is 0 Å². The molecular formula is C15H26N4.